The number of rotatable bonds is 8. The summed E-state index contributed by atoms with van der Waals surface area (Å²) in [7, 11) is 0. The Morgan fingerprint density at radius 1 is 1.28 bits per heavy atom. The minimum atomic E-state index is -4.30. The molecule has 2 unspecified atom stereocenters. The largest absolute Gasteiger partial charge is 0.416 e. The highest BCUT2D eigenvalue weighted by Crippen LogP contribution is 2.31. The highest BCUT2D eigenvalue weighted by atomic mass is 127. The average Bonchev–Trinajstić information content (AvgIpc) is 3.13. The molecule has 0 bridgehead atoms. The fourth-order valence-corrected chi connectivity index (χ4v) is 3.51. The molecule has 0 amide bonds. The van der Waals surface area contributed by atoms with Crippen LogP contribution in [0.4, 0.5) is 13.2 Å². The molecule has 1 aromatic carbocycles. The molecule has 1 aliphatic rings. The van der Waals surface area contributed by atoms with Crippen molar-refractivity contribution < 1.29 is 13.2 Å². The summed E-state index contributed by atoms with van der Waals surface area (Å²) in [5.41, 5.74) is 0.126. The first-order chi connectivity index (χ1) is 13.3. The third-order valence-electron chi connectivity index (χ3n) is 5.32. The van der Waals surface area contributed by atoms with Gasteiger partial charge in [-0.1, -0.05) is 32.0 Å². The smallest absolute Gasteiger partial charge is 0.357 e. The van der Waals surface area contributed by atoms with Gasteiger partial charge in [-0.25, -0.2) is 0 Å². The van der Waals surface area contributed by atoms with Crippen molar-refractivity contribution in [2.24, 2.45) is 10.9 Å². The summed E-state index contributed by atoms with van der Waals surface area (Å²) in [5, 5.41) is 6.57. The molecule has 0 aliphatic carbocycles. The van der Waals surface area contributed by atoms with Crippen LogP contribution in [-0.2, 0) is 6.18 Å². The van der Waals surface area contributed by atoms with Gasteiger partial charge in [0.15, 0.2) is 5.96 Å². The van der Waals surface area contributed by atoms with Crippen molar-refractivity contribution in [1.82, 2.24) is 15.5 Å². The average molecular weight is 526 g/mol. The predicted molar refractivity (Wildman–Crippen MR) is 124 cm³/mol. The maximum atomic E-state index is 12.9. The van der Waals surface area contributed by atoms with E-state index in [1.165, 1.54) is 18.6 Å². The lowest BCUT2D eigenvalue weighted by atomic mass is 9.96. The van der Waals surface area contributed by atoms with E-state index in [2.05, 4.69) is 22.5 Å². The van der Waals surface area contributed by atoms with Crippen molar-refractivity contribution in [2.75, 3.05) is 39.3 Å². The first-order valence-electron chi connectivity index (χ1n) is 10.2. The number of aliphatic imine (C=N–C) groups is 1. The SMILES string of the molecule is CCNC(=NCC1CCN(CC)C1)NCCC(C)c1cccc(C(F)(F)F)c1.I. The first-order valence-corrected chi connectivity index (χ1v) is 10.2. The van der Waals surface area contributed by atoms with E-state index in [-0.39, 0.29) is 29.9 Å². The van der Waals surface area contributed by atoms with E-state index in [4.69, 9.17) is 4.99 Å². The molecule has 1 aliphatic heterocycles. The Hall–Kier alpha value is -1.03. The van der Waals surface area contributed by atoms with Crippen LogP contribution in [0.3, 0.4) is 0 Å². The topological polar surface area (TPSA) is 39.7 Å². The Labute approximate surface area is 189 Å². The van der Waals surface area contributed by atoms with Gasteiger partial charge in [0.2, 0.25) is 0 Å². The predicted octanol–water partition coefficient (Wildman–Crippen LogP) is 4.71. The van der Waals surface area contributed by atoms with Crippen LogP contribution in [0.5, 0.6) is 0 Å². The van der Waals surface area contributed by atoms with Crippen molar-refractivity contribution >= 4 is 29.9 Å². The second-order valence-electron chi connectivity index (χ2n) is 7.51. The van der Waals surface area contributed by atoms with Gasteiger partial charge in [0.1, 0.15) is 0 Å². The lowest BCUT2D eigenvalue weighted by molar-refractivity contribution is -0.137. The van der Waals surface area contributed by atoms with Crippen molar-refractivity contribution in [2.45, 2.75) is 45.7 Å². The van der Waals surface area contributed by atoms with E-state index in [0.717, 1.165) is 51.2 Å². The van der Waals surface area contributed by atoms with Crippen molar-refractivity contribution in [3.8, 4) is 0 Å². The van der Waals surface area contributed by atoms with Gasteiger partial charge < -0.3 is 15.5 Å². The van der Waals surface area contributed by atoms with Crippen LogP contribution in [0, 0.1) is 5.92 Å². The first kappa shape index (κ1) is 26.0. The van der Waals surface area contributed by atoms with Gasteiger partial charge in [0.05, 0.1) is 5.56 Å². The van der Waals surface area contributed by atoms with Gasteiger partial charge in [0.25, 0.3) is 0 Å². The second kappa shape index (κ2) is 12.6. The van der Waals surface area contributed by atoms with Crippen molar-refractivity contribution in [1.29, 1.82) is 0 Å². The maximum absolute atomic E-state index is 12.9. The highest BCUT2D eigenvalue weighted by Gasteiger charge is 2.30. The molecule has 166 valence electrons. The number of halogens is 4. The normalized spacial score (nSPS) is 19.0. The van der Waals surface area contributed by atoms with Gasteiger partial charge in [-0.05, 0) is 56.3 Å². The molecule has 0 saturated carbocycles. The zero-order chi connectivity index (χ0) is 20.6. The molecule has 2 N–H and O–H groups in total. The van der Waals surface area contributed by atoms with Crippen LogP contribution < -0.4 is 10.6 Å². The molecule has 1 saturated heterocycles. The number of hydrogen-bond donors (Lipinski definition) is 2. The number of nitrogens with one attached hydrogen (secondary N) is 2. The lowest BCUT2D eigenvalue weighted by Crippen LogP contribution is -2.38. The number of alkyl halides is 3. The van der Waals surface area contributed by atoms with Crippen molar-refractivity contribution in [3.05, 3.63) is 35.4 Å². The number of likely N-dealkylation sites (tertiary alicyclic amines) is 1. The second-order valence-corrected chi connectivity index (χ2v) is 7.51. The molecular formula is C21H34F3IN4. The summed E-state index contributed by atoms with van der Waals surface area (Å²) in [5.74, 6) is 1.42. The number of hydrogen-bond acceptors (Lipinski definition) is 2. The molecule has 1 heterocycles. The van der Waals surface area contributed by atoms with Crippen LogP contribution >= 0.6 is 24.0 Å². The zero-order valence-electron chi connectivity index (χ0n) is 17.6. The molecule has 29 heavy (non-hydrogen) atoms. The molecule has 0 radical (unpaired) electrons. The molecule has 8 heteroatoms. The van der Waals surface area contributed by atoms with Crippen LogP contribution in [0.1, 0.15) is 50.7 Å². The Bertz CT molecular complexity index is 637. The molecule has 4 nitrogen and oxygen atoms in total. The fraction of sp³-hybridized carbons (Fsp3) is 0.667. The van der Waals surface area contributed by atoms with Crippen LogP contribution in [0.2, 0.25) is 0 Å². The fourth-order valence-electron chi connectivity index (χ4n) is 3.51. The maximum Gasteiger partial charge on any atom is 0.416 e. The van der Waals surface area contributed by atoms with Crippen LogP contribution in [-0.4, -0.2) is 50.1 Å². The van der Waals surface area contributed by atoms with E-state index in [1.54, 1.807) is 6.07 Å². The number of guanidine groups is 1. The summed E-state index contributed by atoms with van der Waals surface area (Å²) in [6, 6.07) is 5.62. The molecule has 2 rings (SSSR count). The van der Waals surface area contributed by atoms with E-state index >= 15 is 0 Å². The van der Waals surface area contributed by atoms with Gasteiger partial charge in [-0.15, -0.1) is 24.0 Å². The Kier molecular flexibility index (Phi) is 11.3. The Balaban J connectivity index is 0.00000420. The van der Waals surface area contributed by atoms with Crippen molar-refractivity contribution in [3.63, 3.8) is 0 Å². The minimum absolute atomic E-state index is 0. The summed E-state index contributed by atoms with van der Waals surface area (Å²) in [4.78, 5) is 7.14. The van der Waals surface area contributed by atoms with Gasteiger partial charge >= 0.3 is 6.18 Å². The summed E-state index contributed by atoms with van der Waals surface area (Å²) < 4.78 is 38.7. The molecule has 2 atom stereocenters. The Morgan fingerprint density at radius 3 is 2.66 bits per heavy atom. The van der Waals surface area contributed by atoms with E-state index in [0.29, 0.717) is 18.0 Å². The van der Waals surface area contributed by atoms with E-state index in [1.807, 2.05) is 13.8 Å². The summed E-state index contributed by atoms with van der Waals surface area (Å²) >= 11 is 0. The minimum Gasteiger partial charge on any atom is -0.357 e. The van der Waals surface area contributed by atoms with Gasteiger partial charge in [-0.2, -0.15) is 13.2 Å². The van der Waals surface area contributed by atoms with Gasteiger partial charge in [0, 0.05) is 26.2 Å². The standard InChI is InChI=1S/C21H33F3N4.HI/c1-4-25-20(27-14-17-10-12-28(5-2)15-17)26-11-9-16(3)18-7-6-8-19(13-18)21(22,23)24;/h6-8,13,16-17H,4-5,9-12,14-15H2,1-3H3,(H2,25,26,27);1H. The van der Waals surface area contributed by atoms with E-state index in [9.17, 15) is 13.2 Å². The molecule has 1 aromatic rings. The van der Waals surface area contributed by atoms with Crippen LogP contribution in [0.15, 0.2) is 29.3 Å². The highest BCUT2D eigenvalue weighted by molar-refractivity contribution is 14.0. The van der Waals surface area contributed by atoms with Crippen LogP contribution in [0.25, 0.3) is 0 Å². The lowest BCUT2D eigenvalue weighted by Gasteiger charge is -2.17. The molecule has 0 aromatic heterocycles. The summed E-state index contributed by atoms with van der Waals surface area (Å²) in [6.45, 7) is 11.7. The number of benzene rings is 1. The third kappa shape index (κ3) is 8.70. The van der Waals surface area contributed by atoms with E-state index < -0.39 is 11.7 Å². The monoisotopic (exact) mass is 526 g/mol. The van der Waals surface area contributed by atoms with Gasteiger partial charge in [-0.3, -0.25) is 4.99 Å². The Morgan fingerprint density at radius 2 is 2.03 bits per heavy atom. The molecular weight excluding hydrogens is 492 g/mol. The third-order valence-corrected chi connectivity index (χ3v) is 5.32. The molecule has 1 fully saturated rings. The zero-order valence-corrected chi connectivity index (χ0v) is 19.9. The summed E-state index contributed by atoms with van der Waals surface area (Å²) in [6.07, 6.45) is -2.38. The quantitative estimate of drug-likeness (QED) is 0.293. The molecule has 0 spiro atoms. The number of nitrogens with zero attached hydrogens (tertiary/aromatic N) is 2.